The van der Waals surface area contributed by atoms with Crippen LogP contribution in [0.3, 0.4) is 0 Å². The third-order valence-corrected chi connectivity index (χ3v) is 4.89. The summed E-state index contributed by atoms with van der Waals surface area (Å²) >= 11 is 1.76. The Morgan fingerprint density at radius 1 is 1.24 bits per heavy atom. The van der Waals surface area contributed by atoms with Gasteiger partial charge in [-0.3, -0.25) is 11.3 Å². The molecule has 1 aromatic carbocycles. The Labute approximate surface area is 131 Å². The van der Waals surface area contributed by atoms with E-state index < -0.39 is 0 Å². The quantitative estimate of drug-likeness (QED) is 0.667. The zero-order valence-corrected chi connectivity index (χ0v) is 14.3. The average Bonchev–Trinajstić information content (AvgIpc) is 2.74. The van der Waals surface area contributed by atoms with Gasteiger partial charge in [0.2, 0.25) is 0 Å². The largest absolute Gasteiger partial charge is 0.271 e. The molecule has 0 bridgehead atoms. The SMILES string of the molecule is Cc1nc(CC(NN)c2ccccc2C(C)(C)C)sc1C. The van der Waals surface area contributed by atoms with Crippen molar-refractivity contribution < 1.29 is 0 Å². The highest BCUT2D eigenvalue weighted by atomic mass is 32.1. The molecular formula is C17H25N3S. The summed E-state index contributed by atoms with van der Waals surface area (Å²) in [4.78, 5) is 5.92. The molecule has 0 radical (unpaired) electrons. The number of aryl methyl sites for hydroxylation is 2. The molecular weight excluding hydrogens is 278 g/mol. The van der Waals surface area contributed by atoms with E-state index in [4.69, 9.17) is 5.84 Å². The lowest BCUT2D eigenvalue weighted by Gasteiger charge is -2.27. The molecule has 0 aliphatic carbocycles. The molecule has 1 heterocycles. The van der Waals surface area contributed by atoms with Gasteiger partial charge in [-0.1, -0.05) is 45.0 Å². The first kappa shape index (κ1) is 16.1. The number of benzene rings is 1. The maximum absolute atomic E-state index is 5.84. The van der Waals surface area contributed by atoms with Crippen molar-refractivity contribution in [3.05, 3.63) is 51.0 Å². The lowest BCUT2D eigenvalue weighted by Crippen LogP contribution is -2.31. The van der Waals surface area contributed by atoms with Crippen LogP contribution in [-0.2, 0) is 11.8 Å². The Kier molecular flexibility index (Phi) is 4.81. The summed E-state index contributed by atoms with van der Waals surface area (Å²) in [5.41, 5.74) is 6.79. The molecule has 3 nitrogen and oxygen atoms in total. The van der Waals surface area contributed by atoms with Gasteiger partial charge in [-0.05, 0) is 30.4 Å². The predicted octanol–water partition coefficient (Wildman–Crippen LogP) is 3.80. The number of nitrogens with two attached hydrogens (primary N) is 1. The third-order valence-electron chi connectivity index (χ3n) is 3.80. The molecule has 0 saturated heterocycles. The van der Waals surface area contributed by atoms with Crippen LogP contribution in [0.15, 0.2) is 24.3 Å². The van der Waals surface area contributed by atoms with Gasteiger partial charge in [0.05, 0.1) is 16.7 Å². The molecule has 1 aromatic heterocycles. The highest BCUT2D eigenvalue weighted by Crippen LogP contribution is 2.31. The lowest BCUT2D eigenvalue weighted by atomic mass is 9.81. The molecule has 1 atom stereocenters. The lowest BCUT2D eigenvalue weighted by molar-refractivity contribution is 0.517. The van der Waals surface area contributed by atoms with E-state index in [1.165, 1.54) is 16.0 Å². The van der Waals surface area contributed by atoms with Crippen molar-refractivity contribution in [2.45, 2.75) is 52.5 Å². The van der Waals surface area contributed by atoms with E-state index in [-0.39, 0.29) is 11.5 Å². The van der Waals surface area contributed by atoms with Crippen molar-refractivity contribution in [2.24, 2.45) is 5.84 Å². The van der Waals surface area contributed by atoms with Crippen molar-refractivity contribution in [1.82, 2.24) is 10.4 Å². The summed E-state index contributed by atoms with van der Waals surface area (Å²) in [6.45, 7) is 10.9. The second-order valence-electron chi connectivity index (χ2n) is 6.51. The van der Waals surface area contributed by atoms with Crippen molar-refractivity contribution in [3.63, 3.8) is 0 Å². The Morgan fingerprint density at radius 3 is 2.43 bits per heavy atom. The normalized spacial score (nSPS) is 13.4. The molecule has 0 amide bonds. The van der Waals surface area contributed by atoms with Gasteiger partial charge in [0.1, 0.15) is 0 Å². The fraction of sp³-hybridized carbons (Fsp3) is 0.471. The fourth-order valence-corrected chi connectivity index (χ4v) is 3.52. The minimum atomic E-state index is 0.0883. The van der Waals surface area contributed by atoms with Crippen LogP contribution in [0.5, 0.6) is 0 Å². The Bertz CT molecular complexity index is 591. The number of hydrogen-bond acceptors (Lipinski definition) is 4. The van der Waals surface area contributed by atoms with E-state index in [1.807, 2.05) is 0 Å². The van der Waals surface area contributed by atoms with Crippen LogP contribution in [0.1, 0.15) is 53.5 Å². The van der Waals surface area contributed by atoms with Crippen LogP contribution >= 0.6 is 11.3 Å². The van der Waals surface area contributed by atoms with Crippen LogP contribution in [0.2, 0.25) is 0 Å². The molecule has 3 N–H and O–H groups in total. The monoisotopic (exact) mass is 303 g/mol. The molecule has 21 heavy (non-hydrogen) atoms. The van der Waals surface area contributed by atoms with E-state index in [1.54, 1.807) is 11.3 Å². The zero-order valence-electron chi connectivity index (χ0n) is 13.5. The highest BCUT2D eigenvalue weighted by molar-refractivity contribution is 7.11. The number of nitrogens with one attached hydrogen (secondary N) is 1. The van der Waals surface area contributed by atoms with Crippen molar-refractivity contribution in [2.75, 3.05) is 0 Å². The maximum Gasteiger partial charge on any atom is 0.0950 e. The molecule has 2 aromatic rings. The zero-order chi connectivity index (χ0) is 15.6. The van der Waals surface area contributed by atoms with Crippen LogP contribution in [0, 0.1) is 13.8 Å². The number of hydrazine groups is 1. The van der Waals surface area contributed by atoms with E-state index in [0.29, 0.717) is 0 Å². The average molecular weight is 303 g/mol. The second-order valence-corrected chi connectivity index (χ2v) is 7.80. The van der Waals surface area contributed by atoms with Gasteiger partial charge in [-0.15, -0.1) is 11.3 Å². The topological polar surface area (TPSA) is 50.9 Å². The third kappa shape index (κ3) is 3.70. The molecule has 2 rings (SSSR count). The minimum Gasteiger partial charge on any atom is -0.271 e. The standard InChI is InChI=1S/C17H25N3S/c1-11-12(2)21-16(19-11)10-15(20-18)13-8-6-7-9-14(13)17(3,4)5/h6-9,15,20H,10,18H2,1-5H3. The molecule has 0 fully saturated rings. The van der Waals surface area contributed by atoms with Gasteiger partial charge < -0.3 is 0 Å². The summed E-state index contributed by atoms with van der Waals surface area (Å²) in [5, 5.41) is 1.14. The van der Waals surface area contributed by atoms with Crippen LogP contribution in [0.4, 0.5) is 0 Å². The second kappa shape index (κ2) is 6.26. The van der Waals surface area contributed by atoms with E-state index in [0.717, 1.165) is 17.1 Å². The van der Waals surface area contributed by atoms with Gasteiger partial charge in [0, 0.05) is 11.3 Å². The van der Waals surface area contributed by atoms with Crippen LogP contribution in [-0.4, -0.2) is 4.98 Å². The highest BCUT2D eigenvalue weighted by Gasteiger charge is 2.23. The van der Waals surface area contributed by atoms with Gasteiger partial charge in [-0.25, -0.2) is 4.98 Å². The maximum atomic E-state index is 5.84. The van der Waals surface area contributed by atoms with Crippen LogP contribution in [0.25, 0.3) is 0 Å². The van der Waals surface area contributed by atoms with Crippen molar-refractivity contribution >= 4 is 11.3 Å². The molecule has 0 saturated carbocycles. The Morgan fingerprint density at radius 2 is 1.90 bits per heavy atom. The Balaban J connectivity index is 2.34. The molecule has 0 spiro atoms. The van der Waals surface area contributed by atoms with E-state index in [2.05, 4.69) is 69.3 Å². The summed E-state index contributed by atoms with van der Waals surface area (Å²) in [6, 6.07) is 8.62. The molecule has 0 aliphatic heterocycles. The molecule has 4 heteroatoms. The minimum absolute atomic E-state index is 0.0883. The summed E-state index contributed by atoms with van der Waals surface area (Å²) < 4.78 is 0. The first-order valence-electron chi connectivity index (χ1n) is 7.31. The van der Waals surface area contributed by atoms with Gasteiger partial charge in [0.15, 0.2) is 0 Å². The van der Waals surface area contributed by atoms with Gasteiger partial charge in [-0.2, -0.15) is 0 Å². The summed E-state index contributed by atoms with van der Waals surface area (Å²) in [5.74, 6) is 5.84. The number of nitrogens with zero attached hydrogens (tertiary/aromatic N) is 1. The number of aromatic nitrogens is 1. The first-order chi connectivity index (χ1) is 9.82. The van der Waals surface area contributed by atoms with E-state index in [9.17, 15) is 0 Å². The summed E-state index contributed by atoms with van der Waals surface area (Å²) in [6.07, 6.45) is 0.822. The molecule has 0 aliphatic rings. The number of hydrogen-bond donors (Lipinski definition) is 2. The Hall–Kier alpha value is -1.23. The summed E-state index contributed by atoms with van der Waals surface area (Å²) in [7, 11) is 0. The molecule has 1 unspecified atom stereocenters. The predicted molar refractivity (Wildman–Crippen MR) is 90.5 cm³/mol. The van der Waals surface area contributed by atoms with Gasteiger partial charge in [0.25, 0.3) is 0 Å². The van der Waals surface area contributed by atoms with Crippen molar-refractivity contribution in [3.8, 4) is 0 Å². The molecule has 114 valence electrons. The van der Waals surface area contributed by atoms with Crippen LogP contribution < -0.4 is 11.3 Å². The fourth-order valence-electron chi connectivity index (χ4n) is 2.54. The smallest absolute Gasteiger partial charge is 0.0950 e. The van der Waals surface area contributed by atoms with E-state index >= 15 is 0 Å². The first-order valence-corrected chi connectivity index (χ1v) is 8.13. The number of thiazole rings is 1. The number of rotatable bonds is 4. The van der Waals surface area contributed by atoms with Crippen molar-refractivity contribution in [1.29, 1.82) is 0 Å². The van der Waals surface area contributed by atoms with Gasteiger partial charge >= 0.3 is 0 Å².